The summed E-state index contributed by atoms with van der Waals surface area (Å²) in [4.78, 5) is 23.9. The molecule has 0 saturated heterocycles. The van der Waals surface area contributed by atoms with Crippen molar-refractivity contribution in [2.75, 3.05) is 38.0 Å². The van der Waals surface area contributed by atoms with Crippen LogP contribution >= 0.6 is 0 Å². The second-order valence-corrected chi connectivity index (χ2v) is 6.83. The summed E-state index contributed by atoms with van der Waals surface area (Å²) in [6, 6.07) is 4.36. The molecule has 0 saturated carbocycles. The second kappa shape index (κ2) is 6.53. The number of carbonyl (C=O) groups is 1. The maximum absolute atomic E-state index is 12.3. The van der Waals surface area contributed by atoms with E-state index in [1.54, 1.807) is 0 Å². The van der Waals surface area contributed by atoms with E-state index in [9.17, 15) is 23.3 Å². The summed E-state index contributed by atoms with van der Waals surface area (Å²) in [5.74, 6) is -0.795. The van der Waals surface area contributed by atoms with Gasteiger partial charge in [0.2, 0.25) is 0 Å². The van der Waals surface area contributed by atoms with E-state index in [1.165, 1.54) is 32.3 Å². The molecule has 8 nitrogen and oxygen atoms in total. The van der Waals surface area contributed by atoms with Crippen molar-refractivity contribution in [3.63, 3.8) is 0 Å². The molecule has 0 fully saturated rings. The van der Waals surface area contributed by atoms with E-state index in [4.69, 9.17) is 0 Å². The van der Waals surface area contributed by atoms with Crippen molar-refractivity contribution in [1.29, 1.82) is 0 Å². The van der Waals surface area contributed by atoms with Crippen LogP contribution in [-0.2, 0) is 9.84 Å². The minimum Gasteiger partial charge on any atom is -0.383 e. The summed E-state index contributed by atoms with van der Waals surface area (Å²) in [5.41, 5.74) is -0.179. The molecule has 21 heavy (non-hydrogen) atoms. The molecule has 9 heteroatoms. The van der Waals surface area contributed by atoms with E-state index in [0.29, 0.717) is 0 Å². The molecule has 0 aromatic heterocycles. The number of carbonyl (C=O) groups excluding carboxylic acids is 1. The molecule has 0 radical (unpaired) electrons. The lowest BCUT2D eigenvalue weighted by Crippen LogP contribution is -2.32. The van der Waals surface area contributed by atoms with Gasteiger partial charge in [0, 0.05) is 26.9 Å². The quantitative estimate of drug-likeness (QED) is 0.613. The number of amides is 1. The number of anilines is 1. The minimum absolute atomic E-state index is 0.0292. The summed E-state index contributed by atoms with van der Waals surface area (Å²) < 4.78 is 22.2. The van der Waals surface area contributed by atoms with Gasteiger partial charge in [0.05, 0.1) is 10.7 Å². The number of rotatable bonds is 6. The number of benzene rings is 1. The molecule has 1 aromatic carbocycles. The van der Waals surface area contributed by atoms with Crippen molar-refractivity contribution in [2.24, 2.45) is 0 Å². The predicted octanol–water partition coefficient (Wildman–Crippen LogP) is 0.753. The summed E-state index contributed by atoms with van der Waals surface area (Å²) in [5, 5.41) is 13.8. The molecule has 1 amide bonds. The first-order valence-electron chi connectivity index (χ1n) is 6.05. The van der Waals surface area contributed by atoms with Crippen LogP contribution in [-0.4, -0.2) is 56.8 Å². The Morgan fingerprint density at radius 2 is 2.05 bits per heavy atom. The molecule has 1 N–H and O–H groups in total. The highest BCUT2D eigenvalue weighted by atomic mass is 32.2. The van der Waals surface area contributed by atoms with Gasteiger partial charge in [0.1, 0.15) is 21.1 Å². The van der Waals surface area contributed by atoms with Crippen molar-refractivity contribution in [2.45, 2.75) is 0 Å². The van der Waals surface area contributed by atoms with E-state index in [0.717, 1.165) is 11.2 Å². The maximum Gasteiger partial charge on any atom is 0.305 e. The van der Waals surface area contributed by atoms with Crippen molar-refractivity contribution in [3.8, 4) is 0 Å². The summed E-state index contributed by atoms with van der Waals surface area (Å²) in [7, 11) is -0.290. The first-order valence-corrected chi connectivity index (χ1v) is 8.11. The molecule has 0 unspecified atom stereocenters. The lowest BCUT2D eigenvalue weighted by atomic mass is 10.1. The minimum atomic E-state index is -3.21. The lowest BCUT2D eigenvalue weighted by Gasteiger charge is -2.17. The highest BCUT2D eigenvalue weighted by Crippen LogP contribution is 2.28. The highest BCUT2D eigenvalue weighted by molar-refractivity contribution is 7.90. The molecular weight excluding hydrogens is 298 g/mol. The van der Waals surface area contributed by atoms with Crippen LogP contribution in [0.5, 0.6) is 0 Å². The fraction of sp³-hybridized carbons (Fsp3) is 0.417. The first kappa shape index (κ1) is 16.9. The van der Waals surface area contributed by atoms with Gasteiger partial charge >= 0.3 is 5.69 Å². The summed E-state index contributed by atoms with van der Waals surface area (Å²) in [6.45, 7) is -0.0292. The van der Waals surface area contributed by atoms with E-state index >= 15 is 0 Å². The average Bonchev–Trinajstić information content (AvgIpc) is 2.41. The van der Waals surface area contributed by atoms with E-state index < -0.39 is 20.7 Å². The third kappa shape index (κ3) is 4.42. The molecule has 0 aliphatic heterocycles. The number of sulfone groups is 1. The zero-order chi connectivity index (χ0) is 16.2. The monoisotopic (exact) mass is 315 g/mol. The van der Waals surface area contributed by atoms with Gasteiger partial charge < -0.3 is 10.2 Å². The topological polar surface area (TPSA) is 110 Å². The smallest absolute Gasteiger partial charge is 0.305 e. The molecular formula is C12H17N3O5S. The molecule has 1 aromatic rings. The van der Waals surface area contributed by atoms with Gasteiger partial charge in [-0.3, -0.25) is 14.9 Å². The number of nitrogens with one attached hydrogen (secondary N) is 1. The second-order valence-electron chi connectivity index (χ2n) is 4.57. The molecule has 0 aliphatic carbocycles. The number of nitro benzene ring substituents is 1. The van der Waals surface area contributed by atoms with E-state index in [2.05, 4.69) is 5.32 Å². The Labute approximate surface area is 122 Å². The van der Waals surface area contributed by atoms with Gasteiger partial charge in [-0.15, -0.1) is 0 Å². The van der Waals surface area contributed by atoms with Crippen molar-refractivity contribution >= 4 is 27.1 Å². The molecule has 0 spiro atoms. The van der Waals surface area contributed by atoms with Crippen molar-refractivity contribution in [3.05, 3.63) is 33.9 Å². The standard InChI is InChI=1S/C12H17N3O5S/c1-13-10-6-4-5-9(11(10)15(17)18)12(16)14(2)7-8-21(3,19)20/h4-6,13H,7-8H2,1-3H3. The zero-order valence-corrected chi connectivity index (χ0v) is 12.8. The van der Waals surface area contributed by atoms with Crippen LogP contribution in [0, 0.1) is 10.1 Å². The Bertz CT molecular complexity index is 657. The van der Waals surface area contributed by atoms with E-state index in [1.807, 2.05) is 0 Å². The number of hydrogen-bond acceptors (Lipinski definition) is 6. The predicted molar refractivity (Wildman–Crippen MR) is 79.3 cm³/mol. The van der Waals surface area contributed by atoms with Gasteiger partial charge in [0.15, 0.2) is 0 Å². The lowest BCUT2D eigenvalue weighted by molar-refractivity contribution is -0.384. The number of nitrogens with zero attached hydrogens (tertiary/aromatic N) is 2. The maximum atomic E-state index is 12.3. The molecule has 116 valence electrons. The van der Waals surface area contributed by atoms with Crippen LogP contribution in [0.3, 0.4) is 0 Å². The highest BCUT2D eigenvalue weighted by Gasteiger charge is 2.26. The molecule has 0 heterocycles. The van der Waals surface area contributed by atoms with Gasteiger partial charge in [0.25, 0.3) is 5.91 Å². The first-order chi connectivity index (χ1) is 9.67. The third-order valence-electron chi connectivity index (χ3n) is 2.86. The Kier molecular flexibility index (Phi) is 5.25. The fourth-order valence-electron chi connectivity index (χ4n) is 1.72. The zero-order valence-electron chi connectivity index (χ0n) is 12.0. The SMILES string of the molecule is CNc1cccc(C(=O)N(C)CCS(C)(=O)=O)c1[N+](=O)[O-]. The number of hydrogen-bond donors (Lipinski definition) is 1. The summed E-state index contributed by atoms with van der Waals surface area (Å²) >= 11 is 0. The van der Waals surface area contributed by atoms with Crippen LogP contribution in [0.15, 0.2) is 18.2 Å². The fourth-order valence-corrected chi connectivity index (χ4v) is 2.33. The van der Waals surface area contributed by atoms with Gasteiger partial charge in [-0.1, -0.05) is 6.07 Å². The number of para-hydroxylation sites is 1. The Morgan fingerprint density at radius 1 is 1.43 bits per heavy atom. The normalized spacial score (nSPS) is 11.0. The number of nitro groups is 1. The Morgan fingerprint density at radius 3 is 2.52 bits per heavy atom. The third-order valence-corrected chi connectivity index (χ3v) is 3.79. The molecule has 0 aliphatic rings. The largest absolute Gasteiger partial charge is 0.383 e. The van der Waals surface area contributed by atoms with Crippen LogP contribution < -0.4 is 5.32 Å². The Hall–Kier alpha value is -2.16. The summed E-state index contributed by atoms with van der Waals surface area (Å²) in [6.07, 6.45) is 1.06. The van der Waals surface area contributed by atoms with Crippen molar-refractivity contribution in [1.82, 2.24) is 4.90 Å². The van der Waals surface area contributed by atoms with Gasteiger partial charge in [-0.2, -0.15) is 0 Å². The van der Waals surface area contributed by atoms with Crippen molar-refractivity contribution < 1.29 is 18.1 Å². The van der Waals surface area contributed by atoms with Gasteiger partial charge in [-0.05, 0) is 12.1 Å². The van der Waals surface area contributed by atoms with Crippen LogP contribution in [0.25, 0.3) is 0 Å². The average molecular weight is 315 g/mol. The Balaban J connectivity index is 3.10. The van der Waals surface area contributed by atoms with Crippen LogP contribution in [0.4, 0.5) is 11.4 Å². The molecule has 0 atom stereocenters. The van der Waals surface area contributed by atoms with Crippen LogP contribution in [0.2, 0.25) is 0 Å². The molecule has 1 rings (SSSR count). The van der Waals surface area contributed by atoms with E-state index in [-0.39, 0.29) is 29.2 Å². The van der Waals surface area contributed by atoms with Gasteiger partial charge in [-0.25, -0.2) is 8.42 Å². The van der Waals surface area contributed by atoms with Crippen LogP contribution in [0.1, 0.15) is 10.4 Å². The molecule has 0 bridgehead atoms.